The van der Waals surface area contributed by atoms with Crippen LogP contribution in [-0.4, -0.2) is 21.7 Å². The number of hydrogen-bond acceptors (Lipinski definition) is 5. The molecule has 2 atom stereocenters. The van der Waals surface area contributed by atoms with E-state index in [1.54, 1.807) is 19.9 Å². The predicted octanol–water partition coefficient (Wildman–Crippen LogP) is 6.66. The second-order valence-electron chi connectivity index (χ2n) is 9.36. The first kappa shape index (κ1) is 23.6. The third kappa shape index (κ3) is 4.55. The van der Waals surface area contributed by atoms with Crippen LogP contribution in [0.5, 0.6) is 5.75 Å². The van der Waals surface area contributed by atoms with Gasteiger partial charge >= 0.3 is 5.97 Å². The molecular weight excluding hydrogens is 452 g/mol. The topological polar surface area (TPSA) is 84.6 Å². The molecule has 5 rings (SSSR count). The van der Waals surface area contributed by atoms with Gasteiger partial charge in [0.25, 0.3) is 0 Å². The number of carboxylic acids is 1. The van der Waals surface area contributed by atoms with Crippen molar-refractivity contribution in [2.24, 2.45) is 0 Å². The molecule has 0 radical (unpaired) electrons. The number of ether oxygens (including phenoxy) is 1. The Morgan fingerprint density at radius 3 is 2.39 bits per heavy atom. The summed E-state index contributed by atoms with van der Waals surface area (Å²) in [6.45, 7) is 5.11. The van der Waals surface area contributed by atoms with Crippen molar-refractivity contribution in [3.05, 3.63) is 108 Å². The van der Waals surface area contributed by atoms with E-state index in [0.717, 1.165) is 33.0 Å². The van der Waals surface area contributed by atoms with E-state index in [1.807, 2.05) is 67.6 Å². The fourth-order valence-electron chi connectivity index (χ4n) is 4.40. The monoisotopic (exact) mass is 480 g/mol. The Morgan fingerprint density at radius 1 is 0.917 bits per heavy atom. The first-order chi connectivity index (χ1) is 17.3. The maximum atomic E-state index is 11.7. The molecule has 2 N–H and O–H groups in total. The number of fused-ring (bicyclic) bond motifs is 2. The number of aromatic nitrogens is 1. The third-order valence-corrected chi connectivity index (χ3v) is 6.37. The average Bonchev–Trinajstić information content (AvgIpc) is 3.31. The Kier molecular flexibility index (Phi) is 6.20. The molecular formula is C30H28N2O4. The van der Waals surface area contributed by atoms with E-state index in [2.05, 4.69) is 29.6 Å². The zero-order valence-electron chi connectivity index (χ0n) is 20.4. The van der Waals surface area contributed by atoms with Crippen LogP contribution in [0.15, 0.2) is 95.4 Å². The SMILES string of the molecule is CC(NC(c1nc2ccccc2o1)c1cccc2ccccc12)c1ccccc1OC(C)(C)C(=O)O. The van der Waals surface area contributed by atoms with Crippen molar-refractivity contribution >= 4 is 27.8 Å². The van der Waals surface area contributed by atoms with Gasteiger partial charge in [0.1, 0.15) is 17.3 Å². The molecule has 6 heteroatoms. The van der Waals surface area contributed by atoms with Crippen molar-refractivity contribution in [3.8, 4) is 5.75 Å². The number of benzene rings is 4. The maximum Gasteiger partial charge on any atom is 0.347 e. The van der Waals surface area contributed by atoms with Gasteiger partial charge in [0, 0.05) is 11.6 Å². The molecule has 0 saturated heterocycles. The van der Waals surface area contributed by atoms with Gasteiger partial charge in [-0.2, -0.15) is 0 Å². The molecule has 0 saturated carbocycles. The lowest BCUT2D eigenvalue weighted by atomic mass is 9.97. The number of oxazole rings is 1. The highest BCUT2D eigenvalue weighted by molar-refractivity contribution is 5.86. The number of carboxylic acid groups (broad SMARTS) is 1. The summed E-state index contributed by atoms with van der Waals surface area (Å²) in [5, 5.41) is 15.5. The number of nitrogens with zero attached hydrogens (tertiary/aromatic N) is 1. The molecule has 36 heavy (non-hydrogen) atoms. The van der Waals surface area contributed by atoms with Crippen LogP contribution >= 0.6 is 0 Å². The van der Waals surface area contributed by atoms with Gasteiger partial charge in [-0.15, -0.1) is 0 Å². The molecule has 5 aromatic rings. The summed E-state index contributed by atoms with van der Waals surface area (Å²) in [5.74, 6) is 0.0424. The van der Waals surface area contributed by atoms with Crippen LogP contribution in [0, 0.1) is 0 Å². The fraction of sp³-hybridized carbons (Fsp3) is 0.200. The van der Waals surface area contributed by atoms with Crippen molar-refractivity contribution in [2.75, 3.05) is 0 Å². The van der Waals surface area contributed by atoms with Gasteiger partial charge in [-0.3, -0.25) is 5.32 Å². The van der Waals surface area contributed by atoms with Gasteiger partial charge in [0.2, 0.25) is 5.89 Å². The number of aliphatic carboxylic acids is 1. The normalized spacial score (nSPS) is 13.5. The predicted molar refractivity (Wildman–Crippen MR) is 140 cm³/mol. The minimum absolute atomic E-state index is 0.218. The summed E-state index contributed by atoms with van der Waals surface area (Å²) in [4.78, 5) is 16.5. The van der Waals surface area contributed by atoms with E-state index in [0.29, 0.717) is 11.6 Å². The van der Waals surface area contributed by atoms with Crippen LogP contribution in [0.4, 0.5) is 0 Å². The van der Waals surface area contributed by atoms with Gasteiger partial charge in [0.05, 0.1) is 0 Å². The largest absolute Gasteiger partial charge is 0.478 e. The molecule has 1 aromatic heterocycles. The van der Waals surface area contributed by atoms with Crippen molar-refractivity contribution < 1.29 is 19.1 Å². The number of para-hydroxylation sites is 3. The van der Waals surface area contributed by atoms with Crippen molar-refractivity contribution in [1.82, 2.24) is 10.3 Å². The van der Waals surface area contributed by atoms with Crippen molar-refractivity contribution in [2.45, 2.75) is 38.5 Å². The van der Waals surface area contributed by atoms with Crippen LogP contribution in [0.3, 0.4) is 0 Å². The van der Waals surface area contributed by atoms with E-state index in [1.165, 1.54) is 0 Å². The first-order valence-electron chi connectivity index (χ1n) is 11.9. The third-order valence-electron chi connectivity index (χ3n) is 6.37. The number of rotatable bonds is 8. The van der Waals surface area contributed by atoms with Gasteiger partial charge in [0.15, 0.2) is 11.2 Å². The maximum absolute atomic E-state index is 11.7. The Morgan fingerprint density at radius 2 is 1.58 bits per heavy atom. The van der Waals surface area contributed by atoms with Crippen LogP contribution < -0.4 is 10.1 Å². The lowest BCUT2D eigenvalue weighted by Gasteiger charge is -2.27. The summed E-state index contributed by atoms with van der Waals surface area (Å²) < 4.78 is 12.2. The first-order valence-corrected chi connectivity index (χ1v) is 11.9. The van der Waals surface area contributed by atoms with E-state index in [9.17, 15) is 9.90 Å². The molecule has 0 aliphatic carbocycles. The summed E-state index contributed by atoms with van der Waals surface area (Å²) in [5.41, 5.74) is 2.02. The number of carbonyl (C=O) groups is 1. The molecule has 2 unspecified atom stereocenters. The molecule has 0 aliphatic heterocycles. The highest BCUT2D eigenvalue weighted by Gasteiger charge is 2.31. The van der Waals surface area contributed by atoms with E-state index < -0.39 is 11.6 Å². The Bertz CT molecular complexity index is 1500. The molecule has 6 nitrogen and oxygen atoms in total. The van der Waals surface area contributed by atoms with Crippen molar-refractivity contribution in [1.29, 1.82) is 0 Å². The molecule has 0 bridgehead atoms. The van der Waals surface area contributed by atoms with Gasteiger partial charge < -0.3 is 14.3 Å². The second kappa shape index (κ2) is 9.47. The summed E-state index contributed by atoms with van der Waals surface area (Å²) in [7, 11) is 0. The van der Waals surface area contributed by atoms with Crippen LogP contribution in [-0.2, 0) is 4.79 Å². The zero-order chi connectivity index (χ0) is 25.3. The van der Waals surface area contributed by atoms with Gasteiger partial charge in [-0.25, -0.2) is 9.78 Å². The van der Waals surface area contributed by atoms with E-state index >= 15 is 0 Å². The standard InChI is InChI=1S/C30H28N2O4/c1-19(21-13-6-8-17-25(21)36-30(2,3)29(33)34)31-27(28-32-24-16-7-9-18-26(24)35-28)23-15-10-12-20-11-4-5-14-22(20)23/h4-19,27,31H,1-3H3,(H,33,34). The quantitative estimate of drug-likeness (QED) is 0.258. The molecule has 0 aliphatic rings. The van der Waals surface area contributed by atoms with E-state index in [-0.39, 0.29) is 12.1 Å². The number of nitrogens with one attached hydrogen (secondary N) is 1. The van der Waals surface area contributed by atoms with Crippen molar-refractivity contribution in [3.63, 3.8) is 0 Å². The summed E-state index contributed by atoms with van der Waals surface area (Å²) in [6, 6.07) is 29.1. The second-order valence-corrected chi connectivity index (χ2v) is 9.36. The summed E-state index contributed by atoms with van der Waals surface area (Å²) in [6.07, 6.45) is 0. The number of hydrogen-bond donors (Lipinski definition) is 2. The van der Waals surface area contributed by atoms with Crippen LogP contribution in [0.25, 0.3) is 21.9 Å². The average molecular weight is 481 g/mol. The molecule has 4 aromatic carbocycles. The smallest absolute Gasteiger partial charge is 0.347 e. The molecule has 0 fully saturated rings. The zero-order valence-corrected chi connectivity index (χ0v) is 20.4. The molecule has 182 valence electrons. The highest BCUT2D eigenvalue weighted by Crippen LogP contribution is 2.35. The van der Waals surface area contributed by atoms with Gasteiger partial charge in [-0.1, -0.05) is 72.8 Å². The molecule has 0 spiro atoms. The van der Waals surface area contributed by atoms with E-state index in [4.69, 9.17) is 14.1 Å². The summed E-state index contributed by atoms with van der Waals surface area (Å²) >= 11 is 0. The van der Waals surface area contributed by atoms with Gasteiger partial charge in [-0.05, 0) is 55.3 Å². The Balaban J connectivity index is 1.58. The van der Waals surface area contributed by atoms with Crippen LogP contribution in [0.1, 0.15) is 49.9 Å². The molecule has 0 amide bonds. The fourth-order valence-corrected chi connectivity index (χ4v) is 4.40. The minimum Gasteiger partial charge on any atom is -0.478 e. The lowest BCUT2D eigenvalue weighted by molar-refractivity contribution is -0.152. The minimum atomic E-state index is -1.37. The van der Waals surface area contributed by atoms with Crippen LogP contribution in [0.2, 0.25) is 0 Å². The lowest BCUT2D eigenvalue weighted by Crippen LogP contribution is -2.38. The molecule has 1 heterocycles. The highest BCUT2D eigenvalue weighted by atomic mass is 16.5. The Labute approximate surface area is 209 Å². The Hall–Kier alpha value is -4.16.